The predicted molar refractivity (Wildman–Crippen MR) is 97.2 cm³/mol. The van der Waals surface area contributed by atoms with Gasteiger partial charge in [-0.05, 0) is 35.9 Å². The molecule has 2 heterocycles. The molecule has 3 aromatic rings. The first-order valence-electron chi connectivity index (χ1n) is 7.79. The molecule has 0 aliphatic heterocycles. The monoisotopic (exact) mass is 334 g/mol. The van der Waals surface area contributed by atoms with Crippen LogP contribution in [0.5, 0.6) is 11.5 Å². The summed E-state index contributed by atoms with van der Waals surface area (Å²) in [5, 5.41) is 0. The molecule has 0 bridgehead atoms. The van der Waals surface area contributed by atoms with Gasteiger partial charge in [-0.1, -0.05) is 30.9 Å². The van der Waals surface area contributed by atoms with Gasteiger partial charge in [0.15, 0.2) is 11.5 Å². The lowest BCUT2D eigenvalue weighted by molar-refractivity contribution is 0.104. The summed E-state index contributed by atoms with van der Waals surface area (Å²) in [5.41, 5.74) is 1.98. The van der Waals surface area contributed by atoms with Crippen LogP contribution in [0.1, 0.15) is 16.1 Å². The van der Waals surface area contributed by atoms with E-state index in [0.29, 0.717) is 23.8 Å². The third kappa shape index (κ3) is 3.77. The van der Waals surface area contributed by atoms with E-state index in [1.807, 2.05) is 40.9 Å². The summed E-state index contributed by atoms with van der Waals surface area (Å²) in [4.78, 5) is 16.6. The number of carbonyl (C=O) groups is 1. The quantitative estimate of drug-likeness (QED) is 0.375. The summed E-state index contributed by atoms with van der Waals surface area (Å²) >= 11 is 0. The van der Waals surface area contributed by atoms with Gasteiger partial charge in [0.2, 0.25) is 5.78 Å². The van der Waals surface area contributed by atoms with Crippen LogP contribution in [0.4, 0.5) is 0 Å². The van der Waals surface area contributed by atoms with E-state index >= 15 is 0 Å². The van der Waals surface area contributed by atoms with E-state index in [1.165, 1.54) is 6.08 Å². The number of carbonyl (C=O) groups excluding carboxylic acids is 1. The predicted octanol–water partition coefficient (Wildman–Crippen LogP) is 3.80. The molecule has 1 aromatic carbocycles. The standard InChI is InChI=1S/C20H18N2O3/c1-3-12-25-18-10-8-15(13-19(18)24-2)7-9-17(23)16-14-22-11-5-4-6-20(22)21-16/h3-11,13-14H,1,12H2,2H3/b9-7+. The van der Waals surface area contributed by atoms with E-state index in [-0.39, 0.29) is 5.78 Å². The van der Waals surface area contributed by atoms with Crippen molar-refractivity contribution in [3.63, 3.8) is 0 Å². The maximum absolute atomic E-state index is 12.3. The summed E-state index contributed by atoms with van der Waals surface area (Å²) in [7, 11) is 1.57. The van der Waals surface area contributed by atoms with Crippen molar-refractivity contribution in [3.05, 3.63) is 78.8 Å². The highest BCUT2D eigenvalue weighted by Gasteiger charge is 2.08. The number of pyridine rings is 1. The number of benzene rings is 1. The minimum absolute atomic E-state index is 0.158. The molecule has 126 valence electrons. The summed E-state index contributed by atoms with van der Waals surface area (Å²) in [6.45, 7) is 4.02. The van der Waals surface area contributed by atoms with Gasteiger partial charge in [-0.2, -0.15) is 0 Å². The summed E-state index contributed by atoms with van der Waals surface area (Å²) in [5.74, 6) is 1.07. The molecule has 0 amide bonds. The fourth-order valence-electron chi connectivity index (χ4n) is 2.37. The van der Waals surface area contributed by atoms with Crippen LogP contribution in [-0.2, 0) is 0 Å². The lowest BCUT2D eigenvalue weighted by Gasteiger charge is -2.09. The van der Waals surface area contributed by atoms with Crippen LogP contribution in [0.25, 0.3) is 11.7 Å². The van der Waals surface area contributed by atoms with Gasteiger partial charge < -0.3 is 13.9 Å². The number of methoxy groups -OCH3 is 1. The van der Waals surface area contributed by atoms with Gasteiger partial charge >= 0.3 is 0 Å². The van der Waals surface area contributed by atoms with Crippen molar-refractivity contribution >= 4 is 17.5 Å². The first kappa shape index (κ1) is 16.5. The van der Waals surface area contributed by atoms with Crippen molar-refractivity contribution in [1.82, 2.24) is 9.38 Å². The Morgan fingerprint density at radius 1 is 1.28 bits per heavy atom. The van der Waals surface area contributed by atoms with Gasteiger partial charge in [0, 0.05) is 12.4 Å². The highest BCUT2D eigenvalue weighted by Crippen LogP contribution is 2.28. The van der Waals surface area contributed by atoms with Crippen molar-refractivity contribution in [1.29, 1.82) is 0 Å². The van der Waals surface area contributed by atoms with E-state index in [4.69, 9.17) is 9.47 Å². The lowest BCUT2D eigenvalue weighted by Crippen LogP contribution is -1.96. The molecule has 0 saturated carbocycles. The second kappa shape index (κ2) is 7.49. The minimum Gasteiger partial charge on any atom is -0.493 e. The number of nitrogens with zero attached hydrogens (tertiary/aromatic N) is 2. The van der Waals surface area contributed by atoms with Crippen LogP contribution >= 0.6 is 0 Å². The first-order valence-corrected chi connectivity index (χ1v) is 7.79. The fourth-order valence-corrected chi connectivity index (χ4v) is 2.37. The Morgan fingerprint density at radius 2 is 2.16 bits per heavy atom. The van der Waals surface area contributed by atoms with Crippen LogP contribution in [0.2, 0.25) is 0 Å². The van der Waals surface area contributed by atoms with E-state index in [9.17, 15) is 4.79 Å². The SMILES string of the molecule is C=CCOc1ccc(/C=C/C(=O)c2cn3ccccc3n2)cc1OC. The number of fused-ring (bicyclic) bond motifs is 1. The molecule has 0 fully saturated rings. The van der Waals surface area contributed by atoms with E-state index in [0.717, 1.165) is 11.2 Å². The van der Waals surface area contributed by atoms with E-state index in [1.54, 1.807) is 31.5 Å². The van der Waals surface area contributed by atoms with Crippen molar-refractivity contribution < 1.29 is 14.3 Å². The zero-order valence-corrected chi connectivity index (χ0v) is 13.9. The molecule has 5 nitrogen and oxygen atoms in total. The summed E-state index contributed by atoms with van der Waals surface area (Å²) in [6.07, 6.45) is 8.47. The van der Waals surface area contributed by atoms with Crippen molar-refractivity contribution in [3.8, 4) is 11.5 Å². The smallest absolute Gasteiger partial charge is 0.205 e. The number of ketones is 1. The maximum atomic E-state index is 12.3. The van der Waals surface area contributed by atoms with Crippen LogP contribution in [0.15, 0.2) is 67.5 Å². The Labute approximate surface area is 145 Å². The lowest BCUT2D eigenvalue weighted by atomic mass is 10.1. The van der Waals surface area contributed by atoms with Gasteiger partial charge in [-0.3, -0.25) is 4.79 Å². The maximum Gasteiger partial charge on any atom is 0.205 e. The van der Waals surface area contributed by atoms with Gasteiger partial charge in [-0.25, -0.2) is 4.98 Å². The van der Waals surface area contributed by atoms with Crippen molar-refractivity contribution in [2.75, 3.05) is 13.7 Å². The van der Waals surface area contributed by atoms with Crippen LogP contribution in [0.3, 0.4) is 0 Å². The number of hydrogen-bond donors (Lipinski definition) is 0. The van der Waals surface area contributed by atoms with E-state index in [2.05, 4.69) is 11.6 Å². The molecule has 0 saturated heterocycles. The molecular weight excluding hydrogens is 316 g/mol. The third-order valence-electron chi connectivity index (χ3n) is 3.59. The molecule has 0 radical (unpaired) electrons. The molecule has 5 heteroatoms. The number of ether oxygens (including phenoxy) is 2. The van der Waals surface area contributed by atoms with Crippen LogP contribution in [-0.4, -0.2) is 28.9 Å². The molecule has 3 rings (SSSR count). The Hall–Kier alpha value is -3.34. The minimum atomic E-state index is -0.158. The van der Waals surface area contributed by atoms with E-state index < -0.39 is 0 Å². The topological polar surface area (TPSA) is 52.8 Å². The summed E-state index contributed by atoms with van der Waals surface area (Å²) < 4.78 is 12.6. The molecule has 0 N–H and O–H groups in total. The highest BCUT2D eigenvalue weighted by molar-refractivity contribution is 6.05. The normalized spacial score (nSPS) is 10.9. The molecule has 0 atom stereocenters. The largest absolute Gasteiger partial charge is 0.493 e. The van der Waals surface area contributed by atoms with Gasteiger partial charge in [0.05, 0.1) is 7.11 Å². The molecular formula is C20H18N2O3. The average molecular weight is 334 g/mol. The summed E-state index contributed by atoms with van der Waals surface area (Å²) in [6, 6.07) is 11.1. The van der Waals surface area contributed by atoms with Gasteiger partial charge in [0.1, 0.15) is 17.9 Å². The average Bonchev–Trinajstić information content (AvgIpc) is 3.09. The Morgan fingerprint density at radius 3 is 2.92 bits per heavy atom. The molecule has 0 spiro atoms. The van der Waals surface area contributed by atoms with Crippen LogP contribution in [0, 0.1) is 0 Å². The zero-order valence-electron chi connectivity index (χ0n) is 13.9. The van der Waals surface area contributed by atoms with Crippen molar-refractivity contribution in [2.24, 2.45) is 0 Å². The second-order valence-electron chi connectivity index (χ2n) is 5.30. The third-order valence-corrected chi connectivity index (χ3v) is 3.59. The fraction of sp³-hybridized carbons (Fsp3) is 0.100. The number of allylic oxidation sites excluding steroid dienone is 1. The number of imidazole rings is 1. The molecule has 0 aliphatic rings. The first-order chi connectivity index (χ1) is 12.2. The molecule has 0 aliphatic carbocycles. The Kier molecular flexibility index (Phi) is 4.95. The highest BCUT2D eigenvalue weighted by atomic mass is 16.5. The Bertz CT molecular complexity index is 908. The van der Waals surface area contributed by atoms with Gasteiger partial charge in [0.25, 0.3) is 0 Å². The molecule has 2 aromatic heterocycles. The van der Waals surface area contributed by atoms with Crippen molar-refractivity contribution in [2.45, 2.75) is 0 Å². The number of aromatic nitrogens is 2. The number of rotatable bonds is 7. The molecule has 25 heavy (non-hydrogen) atoms. The Balaban J connectivity index is 1.78. The zero-order chi connectivity index (χ0) is 17.6. The number of hydrogen-bond acceptors (Lipinski definition) is 4. The second-order valence-corrected chi connectivity index (χ2v) is 5.30. The molecule has 0 unspecified atom stereocenters. The van der Waals surface area contributed by atoms with Crippen LogP contribution < -0.4 is 9.47 Å². The van der Waals surface area contributed by atoms with Gasteiger partial charge in [-0.15, -0.1) is 0 Å².